The van der Waals surface area contributed by atoms with Crippen molar-refractivity contribution in [1.29, 1.82) is 0 Å². The Bertz CT molecular complexity index is 499. The maximum Gasteiger partial charge on any atom is 0.209 e. The maximum atomic E-state index is 10.8. The molecule has 0 saturated carbocycles. The second-order valence-corrected chi connectivity index (χ2v) is 6.62. The molecule has 0 saturated heterocycles. The van der Waals surface area contributed by atoms with E-state index in [1.165, 1.54) is 11.1 Å². The van der Waals surface area contributed by atoms with E-state index >= 15 is 0 Å². The number of hydrogen-bond acceptors (Lipinski definition) is 3. The molecule has 0 heterocycles. The van der Waals surface area contributed by atoms with Crippen molar-refractivity contribution in [2.45, 2.75) is 31.7 Å². The first-order valence-corrected chi connectivity index (χ1v) is 8.07. The summed E-state index contributed by atoms with van der Waals surface area (Å²) in [6.45, 7) is 0.712. The zero-order valence-electron chi connectivity index (χ0n) is 10.4. The van der Waals surface area contributed by atoms with Crippen LogP contribution in [-0.4, -0.2) is 26.8 Å². The molecule has 0 amide bonds. The predicted molar refractivity (Wildman–Crippen MR) is 72.8 cm³/mol. The first kappa shape index (κ1) is 13.5. The molecular weight excluding hydrogens is 248 g/mol. The van der Waals surface area contributed by atoms with E-state index in [4.69, 9.17) is 5.14 Å². The van der Waals surface area contributed by atoms with Crippen molar-refractivity contribution >= 4 is 10.0 Å². The molecule has 1 unspecified atom stereocenters. The van der Waals surface area contributed by atoms with Crippen LogP contribution in [0.3, 0.4) is 0 Å². The molecular formula is C13H20N2O2S. The van der Waals surface area contributed by atoms with Gasteiger partial charge in [0.2, 0.25) is 10.0 Å². The van der Waals surface area contributed by atoms with Crippen LogP contribution in [0.25, 0.3) is 0 Å². The number of benzene rings is 1. The Morgan fingerprint density at radius 3 is 2.72 bits per heavy atom. The second-order valence-electron chi connectivity index (χ2n) is 4.88. The van der Waals surface area contributed by atoms with E-state index in [0.29, 0.717) is 19.0 Å². The summed E-state index contributed by atoms with van der Waals surface area (Å²) in [5.74, 6) is 0.0588. The van der Waals surface area contributed by atoms with Gasteiger partial charge in [0.05, 0.1) is 5.75 Å². The van der Waals surface area contributed by atoms with E-state index in [9.17, 15) is 8.42 Å². The van der Waals surface area contributed by atoms with Crippen molar-refractivity contribution < 1.29 is 8.42 Å². The highest BCUT2D eigenvalue weighted by Gasteiger charge is 2.17. The summed E-state index contributed by atoms with van der Waals surface area (Å²) in [5.41, 5.74) is 2.85. The van der Waals surface area contributed by atoms with Crippen LogP contribution in [0.15, 0.2) is 24.3 Å². The minimum absolute atomic E-state index is 0.0588. The van der Waals surface area contributed by atoms with Crippen molar-refractivity contribution in [2.24, 2.45) is 5.14 Å². The molecule has 4 nitrogen and oxygen atoms in total. The number of sulfonamides is 1. The lowest BCUT2D eigenvalue weighted by molar-refractivity contribution is 0.458. The van der Waals surface area contributed by atoms with Gasteiger partial charge < -0.3 is 5.32 Å². The molecule has 0 bridgehead atoms. The fraction of sp³-hybridized carbons (Fsp3) is 0.538. The van der Waals surface area contributed by atoms with Gasteiger partial charge in [0.1, 0.15) is 0 Å². The van der Waals surface area contributed by atoms with E-state index in [-0.39, 0.29) is 5.75 Å². The summed E-state index contributed by atoms with van der Waals surface area (Å²) in [7, 11) is -3.32. The van der Waals surface area contributed by atoms with Gasteiger partial charge in [-0.15, -0.1) is 0 Å². The van der Waals surface area contributed by atoms with Crippen LogP contribution in [0.4, 0.5) is 0 Å². The van der Waals surface area contributed by atoms with Gasteiger partial charge in [-0.25, -0.2) is 13.6 Å². The van der Waals surface area contributed by atoms with Crippen molar-refractivity contribution in [3.63, 3.8) is 0 Å². The molecule has 1 aliphatic carbocycles. The molecule has 0 fully saturated rings. The maximum absolute atomic E-state index is 10.8. The second kappa shape index (κ2) is 5.82. The summed E-state index contributed by atoms with van der Waals surface area (Å²) in [6, 6.07) is 8.97. The van der Waals surface area contributed by atoms with Crippen molar-refractivity contribution in [3.8, 4) is 0 Å². The summed E-state index contributed by atoms with van der Waals surface area (Å²) < 4.78 is 21.6. The van der Waals surface area contributed by atoms with Crippen LogP contribution in [0.1, 0.15) is 24.0 Å². The average molecular weight is 268 g/mol. The SMILES string of the molecule is NS(=O)(=O)CCCNC1CCc2ccccc2C1. The molecule has 2 rings (SSSR count). The molecule has 0 aliphatic heterocycles. The fourth-order valence-electron chi connectivity index (χ4n) is 2.45. The Hall–Kier alpha value is -0.910. The highest BCUT2D eigenvalue weighted by Crippen LogP contribution is 2.20. The first-order valence-electron chi connectivity index (χ1n) is 6.35. The van der Waals surface area contributed by atoms with Crippen molar-refractivity contribution in [2.75, 3.05) is 12.3 Å². The summed E-state index contributed by atoms with van der Waals surface area (Å²) in [5, 5.41) is 8.38. The highest BCUT2D eigenvalue weighted by molar-refractivity contribution is 7.89. The van der Waals surface area contributed by atoms with Gasteiger partial charge in [-0.2, -0.15) is 0 Å². The standard InChI is InChI=1S/C13H20N2O2S/c14-18(16,17)9-3-8-15-13-7-6-11-4-1-2-5-12(11)10-13/h1-2,4-5,13,15H,3,6-10H2,(H2,14,16,17). The molecule has 5 heteroatoms. The molecule has 0 spiro atoms. The van der Waals surface area contributed by atoms with E-state index < -0.39 is 10.0 Å². The lowest BCUT2D eigenvalue weighted by atomic mass is 9.88. The molecule has 18 heavy (non-hydrogen) atoms. The zero-order valence-corrected chi connectivity index (χ0v) is 11.2. The lowest BCUT2D eigenvalue weighted by Gasteiger charge is -2.25. The minimum atomic E-state index is -3.32. The quantitative estimate of drug-likeness (QED) is 0.776. The third kappa shape index (κ3) is 4.08. The van der Waals surface area contributed by atoms with Crippen molar-refractivity contribution in [3.05, 3.63) is 35.4 Å². The van der Waals surface area contributed by atoms with Gasteiger partial charge in [-0.05, 0) is 43.4 Å². The van der Waals surface area contributed by atoms with Gasteiger partial charge in [0, 0.05) is 6.04 Å². The molecule has 3 N–H and O–H groups in total. The molecule has 1 aromatic carbocycles. The number of fused-ring (bicyclic) bond motifs is 1. The van der Waals surface area contributed by atoms with Crippen LogP contribution < -0.4 is 10.5 Å². The summed E-state index contributed by atoms with van der Waals surface area (Å²) in [4.78, 5) is 0. The Labute approximate surface area is 109 Å². The van der Waals surface area contributed by atoms with Crippen LogP contribution in [0.5, 0.6) is 0 Å². The van der Waals surface area contributed by atoms with E-state index in [0.717, 1.165) is 19.3 Å². The molecule has 1 aliphatic rings. The topological polar surface area (TPSA) is 72.2 Å². The van der Waals surface area contributed by atoms with Crippen molar-refractivity contribution in [1.82, 2.24) is 5.32 Å². The number of nitrogens with one attached hydrogen (secondary N) is 1. The van der Waals surface area contributed by atoms with Gasteiger partial charge >= 0.3 is 0 Å². The Balaban J connectivity index is 1.77. The normalized spacial score (nSPS) is 19.5. The minimum Gasteiger partial charge on any atom is -0.314 e. The molecule has 1 aromatic rings. The fourth-order valence-corrected chi connectivity index (χ4v) is 3.00. The van der Waals surface area contributed by atoms with Gasteiger partial charge in [0.15, 0.2) is 0 Å². The third-order valence-electron chi connectivity index (χ3n) is 3.39. The van der Waals surface area contributed by atoms with Crippen LogP contribution in [0, 0.1) is 0 Å². The zero-order chi connectivity index (χ0) is 13.0. The molecule has 100 valence electrons. The number of rotatable bonds is 5. The summed E-state index contributed by atoms with van der Waals surface area (Å²) >= 11 is 0. The van der Waals surface area contributed by atoms with Gasteiger partial charge in [-0.1, -0.05) is 24.3 Å². The van der Waals surface area contributed by atoms with E-state index in [1.54, 1.807) is 0 Å². The number of aryl methyl sites for hydroxylation is 1. The van der Waals surface area contributed by atoms with E-state index in [1.807, 2.05) is 0 Å². The monoisotopic (exact) mass is 268 g/mol. The lowest BCUT2D eigenvalue weighted by Crippen LogP contribution is -2.36. The largest absolute Gasteiger partial charge is 0.314 e. The third-order valence-corrected chi connectivity index (χ3v) is 4.24. The molecule has 0 radical (unpaired) electrons. The van der Waals surface area contributed by atoms with Gasteiger partial charge in [0.25, 0.3) is 0 Å². The summed E-state index contributed by atoms with van der Waals surface area (Å²) in [6.07, 6.45) is 3.83. The van der Waals surface area contributed by atoms with Gasteiger partial charge in [-0.3, -0.25) is 0 Å². The number of hydrogen-bond donors (Lipinski definition) is 2. The first-order chi connectivity index (χ1) is 8.54. The van der Waals surface area contributed by atoms with E-state index in [2.05, 4.69) is 29.6 Å². The Morgan fingerprint density at radius 1 is 1.28 bits per heavy atom. The number of nitrogens with two attached hydrogens (primary N) is 1. The highest BCUT2D eigenvalue weighted by atomic mass is 32.2. The number of primary sulfonamides is 1. The predicted octanol–water partition coefficient (Wildman–Crippen LogP) is 0.812. The van der Waals surface area contributed by atoms with Crippen LogP contribution >= 0.6 is 0 Å². The smallest absolute Gasteiger partial charge is 0.209 e. The Morgan fingerprint density at radius 2 is 2.00 bits per heavy atom. The van der Waals surface area contributed by atoms with Crippen LogP contribution in [0.2, 0.25) is 0 Å². The average Bonchev–Trinajstić information content (AvgIpc) is 2.33. The van der Waals surface area contributed by atoms with Crippen LogP contribution in [-0.2, 0) is 22.9 Å². The Kier molecular flexibility index (Phi) is 4.37. The molecule has 0 aromatic heterocycles. The molecule has 1 atom stereocenters.